The average Bonchev–Trinajstić information content (AvgIpc) is 3.45. The Morgan fingerprint density at radius 3 is 2.61 bits per heavy atom. The van der Waals surface area contributed by atoms with Crippen molar-refractivity contribution in [1.29, 1.82) is 0 Å². The number of anilines is 2. The number of hydrogen-bond donors (Lipinski definition) is 2. The molecule has 1 fully saturated rings. The fourth-order valence-electron chi connectivity index (χ4n) is 3.86. The molecule has 0 unspecified atom stereocenters. The number of H-pyrrole nitrogens is 1. The molecule has 0 bridgehead atoms. The van der Waals surface area contributed by atoms with Crippen molar-refractivity contribution in [2.75, 3.05) is 43.4 Å². The number of carbonyl (C=O) groups excluding carboxylic acids is 1. The molecule has 0 saturated carbocycles. The maximum absolute atomic E-state index is 12.5. The van der Waals surface area contributed by atoms with Crippen molar-refractivity contribution >= 4 is 28.6 Å². The molecule has 1 aliphatic heterocycles. The largest absolute Gasteiger partial charge is 0.354 e. The Hall–Kier alpha value is -3.66. The Kier molecular flexibility index (Phi) is 4.70. The lowest BCUT2D eigenvalue weighted by Crippen LogP contribution is -2.44. The summed E-state index contributed by atoms with van der Waals surface area (Å²) in [6.07, 6.45) is 5.19. The van der Waals surface area contributed by atoms with Crippen LogP contribution < -0.4 is 10.2 Å². The summed E-state index contributed by atoms with van der Waals surface area (Å²) in [5.74, 6) is 1.76. The summed E-state index contributed by atoms with van der Waals surface area (Å²) >= 11 is 0. The topological polar surface area (TPSA) is 99.9 Å². The highest BCUT2D eigenvalue weighted by molar-refractivity contribution is 6.02. The lowest BCUT2D eigenvalue weighted by molar-refractivity contribution is 0.101. The first kappa shape index (κ1) is 19.3. The van der Waals surface area contributed by atoms with Gasteiger partial charge < -0.3 is 29.2 Å². The van der Waals surface area contributed by atoms with E-state index in [2.05, 4.69) is 32.1 Å². The van der Waals surface area contributed by atoms with Crippen LogP contribution in [-0.2, 0) is 14.1 Å². The molecule has 0 atom stereocenters. The molecule has 4 aromatic rings. The van der Waals surface area contributed by atoms with Gasteiger partial charge in [0.25, 0.3) is 5.91 Å². The second kappa shape index (κ2) is 7.55. The minimum Gasteiger partial charge on any atom is -0.354 e. The fourth-order valence-corrected chi connectivity index (χ4v) is 3.86. The van der Waals surface area contributed by atoms with Crippen molar-refractivity contribution in [2.45, 2.75) is 0 Å². The van der Waals surface area contributed by atoms with Crippen LogP contribution in [0, 0.1) is 0 Å². The molecule has 5 rings (SSSR count). The van der Waals surface area contributed by atoms with Crippen LogP contribution in [0.3, 0.4) is 0 Å². The number of fused-ring (bicyclic) bond motifs is 1. The van der Waals surface area contributed by atoms with E-state index in [4.69, 9.17) is 9.97 Å². The van der Waals surface area contributed by atoms with E-state index in [1.807, 2.05) is 36.0 Å². The monoisotopic (exact) mass is 419 g/mol. The first-order chi connectivity index (χ1) is 15.0. The predicted octanol–water partition coefficient (Wildman–Crippen LogP) is 1.70. The smallest absolute Gasteiger partial charge is 0.291 e. The molecule has 4 aromatic heterocycles. The van der Waals surface area contributed by atoms with Crippen LogP contribution in [0.4, 0.5) is 11.5 Å². The SMILES string of the molecule is CN1CCN(c2ccc3[nH]c(-c4cc(NC(=O)c5nccn5C)cn4C)nc3n2)CC1. The van der Waals surface area contributed by atoms with E-state index in [1.165, 1.54) is 0 Å². The lowest BCUT2D eigenvalue weighted by atomic mass is 10.3. The van der Waals surface area contributed by atoms with Crippen LogP contribution in [-0.4, -0.2) is 73.1 Å². The molecular weight excluding hydrogens is 394 g/mol. The van der Waals surface area contributed by atoms with Crippen molar-refractivity contribution in [3.63, 3.8) is 0 Å². The summed E-state index contributed by atoms with van der Waals surface area (Å²) < 4.78 is 3.61. The number of aryl methyl sites for hydroxylation is 2. The van der Waals surface area contributed by atoms with Crippen molar-refractivity contribution in [3.8, 4) is 11.5 Å². The number of aromatic amines is 1. The molecule has 31 heavy (non-hydrogen) atoms. The number of carbonyl (C=O) groups is 1. The molecule has 0 aromatic carbocycles. The minimum absolute atomic E-state index is 0.257. The second-order valence-corrected chi connectivity index (χ2v) is 7.96. The number of amides is 1. The van der Waals surface area contributed by atoms with Crippen LogP contribution in [0.1, 0.15) is 10.6 Å². The van der Waals surface area contributed by atoms with Gasteiger partial charge in [-0.15, -0.1) is 0 Å². The van der Waals surface area contributed by atoms with Gasteiger partial charge in [-0.25, -0.2) is 15.0 Å². The van der Waals surface area contributed by atoms with Crippen molar-refractivity contribution in [2.24, 2.45) is 14.1 Å². The number of aromatic nitrogens is 6. The number of rotatable bonds is 4. The van der Waals surface area contributed by atoms with Gasteiger partial charge in [0.15, 0.2) is 17.3 Å². The molecule has 1 aliphatic rings. The van der Waals surface area contributed by atoms with Crippen molar-refractivity contribution in [3.05, 3.63) is 42.6 Å². The van der Waals surface area contributed by atoms with E-state index in [0.29, 0.717) is 23.0 Å². The Labute approximate surface area is 179 Å². The molecule has 0 radical (unpaired) electrons. The molecule has 1 amide bonds. The van der Waals surface area contributed by atoms with E-state index in [0.717, 1.165) is 43.2 Å². The van der Waals surface area contributed by atoms with Gasteiger partial charge in [-0.2, -0.15) is 0 Å². The van der Waals surface area contributed by atoms with Gasteiger partial charge in [-0.3, -0.25) is 4.79 Å². The highest BCUT2D eigenvalue weighted by Gasteiger charge is 2.18. The molecule has 5 heterocycles. The lowest BCUT2D eigenvalue weighted by Gasteiger charge is -2.33. The molecular formula is C21H25N9O. The van der Waals surface area contributed by atoms with Gasteiger partial charge in [0.2, 0.25) is 0 Å². The van der Waals surface area contributed by atoms with E-state index < -0.39 is 0 Å². The number of pyridine rings is 1. The quantitative estimate of drug-likeness (QED) is 0.522. The number of likely N-dealkylation sites (N-methyl/N-ethyl adjacent to an activating group) is 1. The number of hydrogen-bond acceptors (Lipinski definition) is 6. The van der Waals surface area contributed by atoms with Crippen LogP contribution >= 0.6 is 0 Å². The van der Waals surface area contributed by atoms with Gasteiger partial charge in [0.05, 0.1) is 16.9 Å². The molecule has 0 aliphatic carbocycles. The van der Waals surface area contributed by atoms with Gasteiger partial charge >= 0.3 is 0 Å². The highest BCUT2D eigenvalue weighted by Crippen LogP contribution is 2.25. The number of imidazole rings is 2. The molecule has 10 heteroatoms. The van der Waals surface area contributed by atoms with Gasteiger partial charge in [-0.05, 0) is 25.2 Å². The maximum Gasteiger partial charge on any atom is 0.291 e. The van der Waals surface area contributed by atoms with Gasteiger partial charge in [-0.1, -0.05) is 0 Å². The predicted molar refractivity (Wildman–Crippen MR) is 119 cm³/mol. The zero-order valence-corrected chi connectivity index (χ0v) is 17.8. The zero-order chi connectivity index (χ0) is 21.5. The zero-order valence-electron chi connectivity index (χ0n) is 17.8. The molecule has 0 spiro atoms. The summed E-state index contributed by atoms with van der Waals surface area (Å²) in [7, 11) is 5.85. The summed E-state index contributed by atoms with van der Waals surface area (Å²) in [4.78, 5) is 34.0. The highest BCUT2D eigenvalue weighted by atomic mass is 16.2. The fraction of sp³-hybridized carbons (Fsp3) is 0.333. The van der Waals surface area contributed by atoms with Crippen LogP contribution in [0.25, 0.3) is 22.7 Å². The molecule has 10 nitrogen and oxygen atoms in total. The second-order valence-electron chi connectivity index (χ2n) is 7.96. The van der Waals surface area contributed by atoms with Crippen molar-refractivity contribution in [1.82, 2.24) is 34.0 Å². The number of piperazine rings is 1. The molecule has 2 N–H and O–H groups in total. The van der Waals surface area contributed by atoms with Crippen LogP contribution in [0.5, 0.6) is 0 Å². The average molecular weight is 419 g/mol. The third-order valence-electron chi connectivity index (χ3n) is 5.69. The van der Waals surface area contributed by atoms with E-state index in [1.54, 1.807) is 24.0 Å². The number of nitrogens with one attached hydrogen (secondary N) is 2. The third-order valence-corrected chi connectivity index (χ3v) is 5.69. The summed E-state index contributed by atoms with van der Waals surface area (Å²) in [5, 5.41) is 2.89. The van der Waals surface area contributed by atoms with E-state index in [-0.39, 0.29) is 5.91 Å². The summed E-state index contributed by atoms with van der Waals surface area (Å²) in [6, 6.07) is 5.96. The van der Waals surface area contributed by atoms with Gasteiger partial charge in [0.1, 0.15) is 5.82 Å². The van der Waals surface area contributed by atoms with Gasteiger partial charge in [0, 0.05) is 58.9 Å². The maximum atomic E-state index is 12.5. The summed E-state index contributed by atoms with van der Waals surface area (Å²) in [6.45, 7) is 3.98. The Bertz CT molecular complexity index is 1240. The van der Waals surface area contributed by atoms with Crippen LogP contribution in [0.15, 0.2) is 36.8 Å². The number of nitrogens with zero attached hydrogens (tertiary/aromatic N) is 7. The standard InChI is InChI=1S/C21H25N9O/c1-27-8-10-30(11-9-27)17-5-4-15-18(25-17)26-19(24-15)16-12-14(13-29(16)3)23-21(31)20-22-6-7-28(20)2/h4-7,12-13H,8-11H2,1-3H3,(H,23,31)(H,24,25,26). The van der Waals surface area contributed by atoms with Crippen LogP contribution in [0.2, 0.25) is 0 Å². The Balaban J connectivity index is 1.39. The molecule has 1 saturated heterocycles. The Morgan fingerprint density at radius 1 is 1.06 bits per heavy atom. The molecule has 160 valence electrons. The van der Waals surface area contributed by atoms with E-state index in [9.17, 15) is 4.79 Å². The van der Waals surface area contributed by atoms with Crippen molar-refractivity contribution < 1.29 is 4.79 Å². The minimum atomic E-state index is -0.257. The summed E-state index contributed by atoms with van der Waals surface area (Å²) in [5.41, 5.74) is 3.10. The first-order valence-electron chi connectivity index (χ1n) is 10.2. The van der Waals surface area contributed by atoms with E-state index >= 15 is 0 Å². The first-order valence-corrected chi connectivity index (χ1v) is 10.2. The normalized spacial score (nSPS) is 15.0. The Morgan fingerprint density at radius 2 is 1.87 bits per heavy atom. The third kappa shape index (κ3) is 3.66.